The van der Waals surface area contributed by atoms with Gasteiger partial charge >= 0.3 is 0 Å². The summed E-state index contributed by atoms with van der Waals surface area (Å²) in [6.07, 6.45) is 1.79. The van der Waals surface area contributed by atoms with Gasteiger partial charge in [-0.3, -0.25) is 0 Å². The number of anilines is 1. The molecule has 0 bridgehead atoms. The molecule has 2 heterocycles. The third kappa shape index (κ3) is 3.04. The standard InChI is InChI=1S/C15H20ClN5/c1-11(2)17-8-12-4-3-5-13(16)15(12)20-6-7-21-10-18-19-14(21)9-20/h3-5,10-11,17H,6-9H2,1-2H3. The molecule has 5 nitrogen and oxygen atoms in total. The van der Waals surface area contributed by atoms with Crippen molar-refractivity contribution in [2.24, 2.45) is 0 Å². The fourth-order valence-corrected chi connectivity index (χ4v) is 2.94. The summed E-state index contributed by atoms with van der Waals surface area (Å²) >= 11 is 6.47. The van der Waals surface area contributed by atoms with Gasteiger partial charge in [0.25, 0.3) is 0 Å². The van der Waals surface area contributed by atoms with E-state index in [1.807, 2.05) is 12.1 Å². The van der Waals surface area contributed by atoms with Crippen LogP contribution in [0.4, 0.5) is 5.69 Å². The summed E-state index contributed by atoms with van der Waals surface area (Å²) in [5, 5.41) is 12.4. The van der Waals surface area contributed by atoms with Crippen LogP contribution in [0.2, 0.25) is 5.02 Å². The number of aromatic nitrogens is 3. The van der Waals surface area contributed by atoms with Crippen molar-refractivity contribution in [3.8, 4) is 0 Å². The molecule has 0 unspecified atom stereocenters. The largest absolute Gasteiger partial charge is 0.361 e. The SMILES string of the molecule is CC(C)NCc1cccc(Cl)c1N1CCn2cnnc2C1. The lowest BCUT2D eigenvalue weighted by Crippen LogP contribution is -2.35. The van der Waals surface area contributed by atoms with E-state index in [4.69, 9.17) is 11.6 Å². The predicted octanol–water partition coefficient (Wildman–Crippen LogP) is 2.45. The molecule has 1 aliphatic heterocycles. The summed E-state index contributed by atoms with van der Waals surface area (Å²) in [6, 6.07) is 6.54. The van der Waals surface area contributed by atoms with Gasteiger partial charge in [-0.05, 0) is 11.6 Å². The van der Waals surface area contributed by atoms with Crippen molar-refractivity contribution in [3.05, 3.63) is 40.9 Å². The molecule has 3 rings (SSSR count). The van der Waals surface area contributed by atoms with Crippen LogP contribution in [0.3, 0.4) is 0 Å². The van der Waals surface area contributed by atoms with Crippen LogP contribution >= 0.6 is 11.6 Å². The maximum Gasteiger partial charge on any atom is 0.152 e. The molecular formula is C15H20ClN5. The summed E-state index contributed by atoms with van der Waals surface area (Å²) in [5.41, 5.74) is 2.34. The van der Waals surface area contributed by atoms with Gasteiger partial charge in [-0.2, -0.15) is 0 Å². The topological polar surface area (TPSA) is 46.0 Å². The smallest absolute Gasteiger partial charge is 0.152 e. The van der Waals surface area contributed by atoms with Gasteiger partial charge in [0.05, 0.1) is 17.3 Å². The minimum absolute atomic E-state index is 0.446. The predicted molar refractivity (Wildman–Crippen MR) is 84.5 cm³/mol. The van der Waals surface area contributed by atoms with Crippen molar-refractivity contribution in [3.63, 3.8) is 0 Å². The molecule has 1 aromatic heterocycles. The van der Waals surface area contributed by atoms with Crippen molar-refractivity contribution in [1.29, 1.82) is 0 Å². The van der Waals surface area contributed by atoms with Crippen molar-refractivity contribution >= 4 is 17.3 Å². The lowest BCUT2D eigenvalue weighted by molar-refractivity contribution is 0.553. The summed E-state index contributed by atoms with van der Waals surface area (Å²) in [7, 11) is 0. The number of rotatable bonds is 4. The number of nitrogens with zero attached hydrogens (tertiary/aromatic N) is 4. The average molecular weight is 306 g/mol. The molecule has 2 aromatic rings. The number of nitrogens with one attached hydrogen (secondary N) is 1. The van der Waals surface area contributed by atoms with E-state index in [1.165, 1.54) is 5.56 Å². The Balaban J connectivity index is 1.87. The Morgan fingerprint density at radius 1 is 1.33 bits per heavy atom. The molecule has 0 aliphatic carbocycles. The molecule has 6 heteroatoms. The maximum absolute atomic E-state index is 6.47. The summed E-state index contributed by atoms with van der Waals surface area (Å²) in [5.74, 6) is 0.990. The first-order valence-corrected chi connectivity index (χ1v) is 7.65. The fraction of sp³-hybridized carbons (Fsp3) is 0.467. The molecule has 0 saturated carbocycles. The summed E-state index contributed by atoms with van der Waals surface area (Å²) < 4.78 is 2.10. The Morgan fingerprint density at radius 3 is 3.00 bits per heavy atom. The molecule has 0 amide bonds. The molecule has 1 N–H and O–H groups in total. The number of benzene rings is 1. The van der Waals surface area contributed by atoms with Crippen LogP contribution in [0, 0.1) is 0 Å². The number of para-hydroxylation sites is 1. The zero-order valence-corrected chi connectivity index (χ0v) is 13.1. The number of halogens is 1. The fourth-order valence-electron chi connectivity index (χ4n) is 2.63. The Kier molecular flexibility index (Phi) is 4.12. The first-order valence-electron chi connectivity index (χ1n) is 7.27. The van der Waals surface area contributed by atoms with Crippen LogP contribution in [0.1, 0.15) is 25.2 Å². The van der Waals surface area contributed by atoms with Crippen molar-refractivity contribution < 1.29 is 0 Å². The Bertz CT molecular complexity index is 622. The van der Waals surface area contributed by atoms with E-state index < -0.39 is 0 Å². The molecule has 21 heavy (non-hydrogen) atoms. The highest BCUT2D eigenvalue weighted by atomic mass is 35.5. The van der Waals surface area contributed by atoms with E-state index in [0.717, 1.165) is 42.7 Å². The Hall–Kier alpha value is -1.59. The van der Waals surface area contributed by atoms with E-state index in [0.29, 0.717) is 6.04 Å². The normalized spacial score (nSPS) is 14.6. The van der Waals surface area contributed by atoms with Crippen LogP contribution in [0.25, 0.3) is 0 Å². The maximum atomic E-state index is 6.47. The first kappa shape index (κ1) is 14.4. The second-order valence-electron chi connectivity index (χ2n) is 5.65. The lowest BCUT2D eigenvalue weighted by Gasteiger charge is -2.31. The quantitative estimate of drug-likeness (QED) is 0.942. The van der Waals surface area contributed by atoms with Crippen molar-refractivity contribution in [1.82, 2.24) is 20.1 Å². The van der Waals surface area contributed by atoms with Crippen LogP contribution in [-0.2, 0) is 19.6 Å². The van der Waals surface area contributed by atoms with Crippen LogP contribution < -0.4 is 10.2 Å². The zero-order chi connectivity index (χ0) is 14.8. The molecule has 0 fully saturated rings. The molecule has 112 valence electrons. The third-order valence-corrected chi connectivity index (χ3v) is 4.03. The van der Waals surface area contributed by atoms with Crippen LogP contribution in [0.15, 0.2) is 24.5 Å². The van der Waals surface area contributed by atoms with Gasteiger partial charge < -0.3 is 14.8 Å². The number of fused-ring (bicyclic) bond motifs is 1. The monoisotopic (exact) mass is 305 g/mol. The van der Waals surface area contributed by atoms with Gasteiger partial charge in [0.1, 0.15) is 6.33 Å². The van der Waals surface area contributed by atoms with Crippen LogP contribution in [0.5, 0.6) is 0 Å². The highest BCUT2D eigenvalue weighted by Crippen LogP contribution is 2.32. The average Bonchev–Trinajstić information content (AvgIpc) is 2.92. The Morgan fingerprint density at radius 2 is 2.19 bits per heavy atom. The summed E-state index contributed by atoms with van der Waals surface area (Å²) in [6.45, 7) is 7.67. The van der Waals surface area contributed by atoms with Crippen molar-refractivity contribution in [2.45, 2.75) is 39.5 Å². The second-order valence-corrected chi connectivity index (χ2v) is 6.05. The molecule has 1 aliphatic rings. The van der Waals surface area contributed by atoms with Gasteiger partial charge in [0.15, 0.2) is 5.82 Å². The molecule has 0 saturated heterocycles. The zero-order valence-electron chi connectivity index (χ0n) is 12.4. The highest BCUT2D eigenvalue weighted by molar-refractivity contribution is 6.33. The minimum Gasteiger partial charge on any atom is -0.361 e. The summed E-state index contributed by atoms with van der Waals surface area (Å²) in [4.78, 5) is 2.30. The molecule has 0 spiro atoms. The van der Waals surface area contributed by atoms with Gasteiger partial charge in [-0.25, -0.2) is 0 Å². The lowest BCUT2D eigenvalue weighted by atomic mass is 10.1. The first-order chi connectivity index (χ1) is 10.1. The van der Waals surface area contributed by atoms with E-state index in [1.54, 1.807) is 6.33 Å². The second kappa shape index (κ2) is 6.03. The molecule has 1 aromatic carbocycles. The Labute approximate surface area is 129 Å². The van der Waals surface area contributed by atoms with Crippen molar-refractivity contribution in [2.75, 3.05) is 11.4 Å². The molecular weight excluding hydrogens is 286 g/mol. The molecule has 0 radical (unpaired) electrons. The number of hydrogen-bond acceptors (Lipinski definition) is 4. The molecule has 0 atom stereocenters. The number of hydrogen-bond donors (Lipinski definition) is 1. The van der Waals surface area contributed by atoms with Gasteiger partial charge in [-0.15, -0.1) is 10.2 Å². The minimum atomic E-state index is 0.446. The third-order valence-electron chi connectivity index (χ3n) is 3.73. The van der Waals surface area contributed by atoms with Gasteiger partial charge in [-0.1, -0.05) is 37.6 Å². The van der Waals surface area contributed by atoms with Gasteiger partial charge in [0.2, 0.25) is 0 Å². The van der Waals surface area contributed by atoms with E-state index in [2.05, 4.69) is 44.9 Å². The van der Waals surface area contributed by atoms with E-state index in [-0.39, 0.29) is 0 Å². The van der Waals surface area contributed by atoms with Gasteiger partial charge in [0, 0.05) is 25.7 Å². The van der Waals surface area contributed by atoms with E-state index >= 15 is 0 Å². The van der Waals surface area contributed by atoms with E-state index in [9.17, 15) is 0 Å². The highest BCUT2D eigenvalue weighted by Gasteiger charge is 2.21. The van der Waals surface area contributed by atoms with Crippen LogP contribution in [-0.4, -0.2) is 27.4 Å².